The fraction of sp³-hybridized carbons (Fsp3) is 0.0455. The summed E-state index contributed by atoms with van der Waals surface area (Å²) in [5.41, 5.74) is -1.05. The van der Waals surface area contributed by atoms with E-state index in [1.54, 1.807) is 13.0 Å². The van der Waals surface area contributed by atoms with Gasteiger partial charge in [-0.1, -0.05) is 18.2 Å². The fourth-order valence-electron chi connectivity index (χ4n) is 3.35. The summed E-state index contributed by atoms with van der Waals surface area (Å²) in [5.74, 6) is -4.08. The monoisotopic (exact) mass is 410 g/mol. The van der Waals surface area contributed by atoms with Crippen LogP contribution in [-0.4, -0.2) is 16.1 Å². The summed E-state index contributed by atoms with van der Waals surface area (Å²) >= 11 is 0. The Morgan fingerprint density at radius 1 is 1.00 bits per heavy atom. The van der Waals surface area contributed by atoms with E-state index in [1.807, 2.05) is 0 Å². The number of benzene rings is 2. The van der Waals surface area contributed by atoms with Gasteiger partial charge in [-0.3, -0.25) is 0 Å². The van der Waals surface area contributed by atoms with Gasteiger partial charge >= 0.3 is 5.97 Å². The zero-order chi connectivity index (χ0) is 21.6. The molecular formula is C22H13F3N2O3. The highest BCUT2D eigenvalue weighted by Crippen LogP contribution is 2.35. The molecule has 0 unspecified atom stereocenters. The molecule has 0 atom stereocenters. The van der Waals surface area contributed by atoms with Crippen LogP contribution in [0.1, 0.15) is 16.1 Å². The highest BCUT2D eigenvalue weighted by molar-refractivity contribution is 6.03. The van der Waals surface area contributed by atoms with Crippen LogP contribution in [-0.2, 0) is 0 Å². The van der Waals surface area contributed by atoms with E-state index in [-0.39, 0.29) is 26.8 Å². The van der Waals surface area contributed by atoms with Gasteiger partial charge in [-0.2, -0.15) is 4.73 Å². The number of hydrogen-bond acceptors (Lipinski definition) is 3. The van der Waals surface area contributed by atoms with Gasteiger partial charge in [0.15, 0.2) is 6.20 Å². The van der Waals surface area contributed by atoms with Crippen LogP contribution in [0.4, 0.5) is 13.2 Å². The third kappa shape index (κ3) is 3.12. The van der Waals surface area contributed by atoms with E-state index in [2.05, 4.69) is 4.98 Å². The minimum Gasteiger partial charge on any atom is -0.618 e. The first kappa shape index (κ1) is 19.4. The van der Waals surface area contributed by atoms with Crippen molar-refractivity contribution in [1.29, 1.82) is 0 Å². The van der Waals surface area contributed by atoms with Gasteiger partial charge in [0.05, 0.1) is 0 Å². The van der Waals surface area contributed by atoms with Crippen LogP contribution in [0.15, 0.2) is 54.7 Å². The van der Waals surface area contributed by atoms with E-state index in [0.29, 0.717) is 5.56 Å². The molecular weight excluding hydrogens is 397 g/mol. The maximum absolute atomic E-state index is 14.7. The van der Waals surface area contributed by atoms with E-state index >= 15 is 0 Å². The number of carboxylic acid groups (broad SMARTS) is 1. The molecule has 2 heterocycles. The van der Waals surface area contributed by atoms with E-state index in [4.69, 9.17) is 0 Å². The maximum Gasteiger partial charge on any atom is 0.354 e. The van der Waals surface area contributed by atoms with Crippen molar-refractivity contribution >= 4 is 16.9 Å². The highest BCUT2D eigenvalue weighted by atomic mass is 19.1. The number of fused-ring (bicyclic) bond motifs is 1. The first-order valence-corrected chi connectivity index (χ1v) is 8.79. The molecule has 0 radical (unpaired) electrons. The second-order valence-electron chi connectivity index (χ2n) is 6.69. The number of aromatic nitrogens is 2. The number of rotatable bonds is 3. The molecule has 0 saturated carbocycles. The molecule has 30 heavy (non-hydrogen) atoms. The van der Waals surface area contributed by atoms with Crippen LogP contribution < -0.4 is 4.73 Å². The summed E-state index contributed by atoms with van der Waals surface area (Å²) < 4.78 is 43.8. The SMILES string of the molecule is Cc1ccc(-c2cc(C(=O)O)nc3c(-c4c(F)cccc4F)[n+]([O-])ccc23)c(F)c1. The molecule has 0 aliphatic carbocycles. The maximum atomic E-state index is 14.7. The van der Waals surface area contributed by atoms with Crippen LogP contribution in [0.3, 0.4) is 0 Å². The predicted molar refractivity (Wildman–Crippen MR) is 103 cm³/mol. The van der Waals surface area contributed by atoms with Crippen LogP contribution >= 0.6 is 0 Å². The molecule has 8 heteroatoms. The van der Waals surface area contributed by atoms with Crippen LogP contribution in [0.5, 0.6) is 0 Å². The Bertz CT molecular complexity index is 1320. The largest absolute Gasteiger partial charge is 0.618 e. The molecule has 0 bridgehead atoms. The smallest absolute Gasteiger partial charge is 0.354 e. The lowest BCUT2D eigenvalue weighted by Crippen LogP contribution is -2.30. The summed E-state index contributed by atoms with van der Waals surface area (Å²) in [5, 5.41) is 22.2. The van der Waals surface area contributed by atoms with Gasteiger partial charge in [0, 0.05) is 17.0 Å². The number of aromatic carboxylic acids is 1. The zero-order valence-electron chi connectivity index (χ0n) is 15.5. The average molecular weight is 410 g/mol. The number of hydrogen-bond donors (Lipinski definition) is 1. The topological polar surface area (TPSA) is 77.1 Å². The standard InChI is InChI=1S/C22H13F3N2O3/c1-11-5-6-12(17(25)9-11)14-10-18(22(28)29)26-20-13(14)7-8-27(30)21(20)19-15(23)3-2-4-16(19)24/h2-10H,1H3,(H,28,29). The number of carboxylic acids is 1. The van der Waals surface area contributed by atoms with Gasteiger partial charge in [-0.05, 0) is 42.3 Å². The molecule has 0 aliphatic heterocycles. The van der Waals surface area contributed by atoms with Crippen LogP contribution in [0.25, 0.3) is 33.3 Å². The molecule has 0 amide bonds. The Morgan fingerprint density at radius 3 is 2.33 bits per heavy atom. The first-order valence-electron chi connectivity index (χ1n) is 8.79. The van der Waals surface area contributed by atoms with Gasteiger partial charge in [0.1, 0.15) is 34.2 Å². The van der Waals surface area contributed by atoms with E-state index in [9.17, 15) is 28.3 Å². The Labute approximate surface area is 168 Å². The molecule has 2 aromatic carbocycles. The van der Waals surface area contributed by atoms with Gasteiger partial charge in [-0.25, -0.2) is 22.9 Å². The quantitative estimate of drug-likeness (QED) is 0.395. The van der Waals surface area contributed by atoms with Gasteiger partial charge < -0.3 is 10.3 Å². The van der Waals surface area contributed by atoms with Crippen molar-refractivity contribution in [3.8, 4) is 22.4 Å². The van der Waals surface area contributed by atoms with Crippen molar-refractivity contribution in [3.63, 3.8) is 0 Å². The lowest BCUT2D eigenvalue weighted by Gasteiger charge is -2.13. The van der Waals surface area contributed by atoms with E-state index in [0.717, 1.165) is 30.5 Å². The summed E-state index contributed by atoms with van der Waals surface area (Å²) in [6, 6.07) is 9.92. The minimum absolute atomic E-state index is 0.0686. The Morgan fingerprint density at radius 2 is 1.70 bits per heavy atom. The fourth-order valence-corrected chi connectivity index (χ4v) is 3.35. The minimum atomic E-state index is -1.44. The number of aryl methyl sites for hydroxylation is 1. The molecule has 4 aromatic rings. The molecule has 150 valence electrons. The van der Waals surface area contributed by atoms with Crippen LogP contribution in [0, 0.1) is 29.6 Å². The van der Waals surface area contributed by atoms with Crippen molar-refractivity contribution in [2.24, 2.45) is 0 Å². The molecule has 0 fully saturated rings. The third-order valence-corrected chi connectivity index (χ3v) is 4.71. The summed E-state index contributed by atoms with van der Waals surface area (Å²) in [6.07, 6.45) is 1.02. The molecule has 5 nitrogen and oxygen atoms in total. The number of nitrogens with zero attached hydrogens (tertiary/aromatic N) is 2. The first-order chi connectivity index (χ1) is 14.3. The zero-order valence-corrected chi connectivity index (χ0v) is 15.5. The molecule has 2 aromatic heterocycles. The third-order valence-electron chi connectivity index (χ3n) is 4.71. The summed E-state index contributed by atoms with van der Waals surface area (Å²) in [7, 11) is 0. The van der Waals surface area contributed by atoms with Crippen LogP contribution in [0.2, 0.25) is 0 Å². The number of pyridine rings is 2. The highest BCUT2D eigenvalue weighted by Gasteiger charge is 2.26. The van der Waals surface area contributed by atoms with E-state index in [1.165, 1.54) is 18.2 Å². The van der Waals surface area contributed by atoms with Crippen molar-refractivity contribution in [1.82, 2.24) is 4.98 Å². The molecule has 1 N–H and O–H groups in total. The number of halogens is 3. The second kappa shape index (κ2) is 7.14. The van der Waals surface area contributed by atoms with Gasteiger partial charge in [0.2, 0.25) is 0 Å². The van der Waals surface area contributed by atoms with Crippen molar-refractivity contribution in [2.75, 3.05) is 0 Å². The molecule has 4 rings (SSSR count). The Hall–Kier alpha value is -3.94. The number of carbonyl (C=O) groups is 1. The molecule has 0 saturated heterocycles. The van der Waals surface area contributed by atoms with E-state index < -0.39 is 40.4 Å². The predicted octanol–water partition coefficient (Wildman–Crippen LogP) is 4.63. The second-order valence-corrected chi connectivity index (χ2v) is 6.69. The molecule has 0 spiro atoms. The van der Waals surface area contributed by atoms with Crippen molar-refractivity contribution in [2.45, 2.75) is 6.92 Å². The van der Waals surface area contributed by atoms with Gasteiger partial charge in [-0.15, -0.1) is 0 Å². The Kier molecular flexibility index (Phi) is 4.62. The normalized spacial score (nSPS) is 11.1. The molecule has 0 aliphatic rings. The average Bonchev–Trinajstić information content (AvgIpc) is 2.68. The lowest BCUT2D eigenvalue weighted by atomic mass is 9.97. The lowest BCUT2D eigenvalue weighted by molar-refractivity contribution is -0.592. The summed E-state index contributed by atoms with van der Waals surface area (Å²) in [4.78, 5) is 15.6. The summed E-state index contributed by atoms with van der Waals surface area (Å²) in [6.45, 7) is 1.69. The van der Waals surface area contributed by atoms with Gasteiger partial charge in [0.25, 0.3) is 5.69 Å². The van der Waals surface area contributed by atoms with Crippen molar-refractivity contribution < 1.29 is 27.8 Å². The van der Waals surface area contributed by atoms with Crippen molar-refractivity contribution in [3.05, 3.63) is 88.6 Å². The Balaban J connectivity index is 2.17.